The lowest BCUT2D eigenvalue weighted by Gasteiger charge is -2.28. The number of nitrogens with zero attached hydrogens (tertiary/aromatic N) is 2. The van der Waals surface area contributed by atoms with E-state index < -0.39 is 6.04 Å². The van der Waals surface area contributed by atoms with Crippen LogP contribution in [0, 0.1) is 5.92 Å². The van der Waals surface area contributed by atoms with E-state index in [9.17, 15) is 9.59 Å². The largest absolute Gasteiger partial charge is 0.496 e. The van der Waals surface area contributed by atoms with E-state index in [2.05, 4.69) is 10.6 Å². The number of ether oxygens (including phenoxy) is 2. The van der Waals surface area contributed by atoms with E-state index in [0.717, 1.165) is 69.0 Å². The topological polar surface area (TPSA) is 94.5 Å². The molecule has 0 bridgehead atoms. The molecule has 3 aliphatic carbocycles. The molecule has 1 unspecified atom stereocenters. The Morgan fingerprint density at radius 2 is 1.71 bits per heavy atom. The van der Waals surface area contributed by atoms with Gasteiger partial charge in [0.2, 0.25) is 5.91 Å². The fourth-order valence-corrected chi connectivity index (χ4v) is 5.23. The first kappa shape index (κ1) is 23.7. The van der Waals surface area contributed by atoms with Gasteiger partial charge in [-0.05, 0) is 62.6 Å². The summed E-state index contributed by atoms with van der Waals surface area (Å²) >= 11 is 0. The molecule has 0 saturated heterocycles. The van der Waals surface area contributed by atoms with Gasteiger partial charge in [-0.15, -0.1) is 0 Å². The minimum Gasteiger partial charge on any atom is -0.496 e. The molecular formula is C27H36N4O4. The van der Waals surface area contributed by atoms with Gasteiger partial charge in [-0.3, -0.25) is 14.3 Å². The molecule has 3 aliphatic rings. The van der Waals surface area contributed by atoms with Crippen molar-refractivity contribution >= 4 is 11.8 Å². The highest BCUT2D eigenvalue weighted by Crippen LogP contribution is 2.42. The molecule has 35 heavy (non-hydrogen) atoms. The fraction of sp³-hybridized carbons (Fsp3) is 0.593. The highest BCUT2D eigenvalue weighted by atomic mass is 16.5. The Morgan fingerprint density at radius 1 is 1.03 bits per heavy atom. The molecule has 188 valence electrons. The summed E-state index contributed by atoms with van der Waals surface area (Å²) in [5.74, 6) is 1.46. The average molecular weight is 481 g/mol. The van der Waals surface area contributed by atoms with Gasteiger partial charge in [-0.2, -0.15) is 5.10 Å². The number of hydrogen-bond acceptors (Lipinski definition) is 5. The number of rotatable bonds is 10. The number of aromatic nitrogens is 2. The molecule has 0 spiro atoms. The number of hydrogen-bond donors (Lipinski definition) is 2. The molecule has 0 radical (unpaired) electrons. The number of benzene rings is 1. The molecule has 8 nitrogen and oxygen atoms in total. The zero-order valence-electron chi connectivity index (χ0n) is 20.7. The van der Waals surface area contributed by atoms with Crippen LogP contribution in [0.15, 0.2) is 24.3 Å². The average Bonchev–Trinajstić information content (AvgIpc) is 3.31. The molecule has 1 atom stereocenters. The first-order valence-corrected chi connectivity index (χ1v) is 13.0. The molecule has 5 rings (SSSR count). The number of carbonyl (C=O) groups is 2. The van der Waals surface area contributed by atoms with Crippen molar-refractivity contribution in [3.63, 3.8) is 0 Å². The predicted octanol–water partition coefficient (Wildman–Crippen LogP) is 4.25. The van der Waals surface area contributed by atoms with E-state index in [1.54, 1.807) is 14.2 Å². The maximum Gasteiger partial charge on any atom is 0.272 e. The molecule has 8 heteroatoms. The van der Waals surface area contributed by atoms with Gasteiger partial charge in [0.25, 0.3) is 5.91 Å². The Labute approximate surface area is 206 Å². The van der Waals surface area contributed by atoms with Crippen LogP contribution in [0.2, 0.25) is 0 Å². The number of methoxy groups -OCH3 is 2. The molecule has 3 fully saturated rings. The molecular weight excluding hydrogens is 444 g/mol. The minimum absolute atomic E-state index is 0.0724. The fourth-order valence-electron chi connectivity index (χ4n) is 5.23. The van der Waals surface area contributed by atoms with Gasteiger partial charge < -0.3 is 20.1 Å². The third-order valence-corrected chi connectivity index (χ3v) is 7.66. The van der Waals surface area contributed by atoms with Gasteiger partial charge in [-0.25, -0.2) is 0 Å². The highest BCUT2D eigenvalue weighted by molar-refractivity contribution is 5.97. The third-order valence-electron chi connectivity index (χ3n) is 7.66. The van der Waals surface area contributed by atoms with Crippen LogP contribution < -0.4 is 20.1 Å². The Bertz CT molecular complexity index is 1040. The Morgan fingerprint density at radius 3 is 2.29 bits per heavy atom. The highest BCUT2D eigenvalue weighted by Gasteiger charge is 2.33. The van der Waals surface area contributed by atoms with Gasteiger partial charge in [0.1, 0.15) is 17.5 Å². The zero-order chi connectivity index (χ0) is 24.4. The van der Waals surface area contributed by atoms with Crippen molar-refractivity contribution in [1.29, 1.82) is 0 Å². The molecule has 3 saturated carbocycles. The van der Waals surface area contributed by atoms with E-state index >= 15 is 0 Å². The van der Waals surface area contributed by atoms with Crippen LogP contribution in [0.4, 0.5) is 0 Å². The Balaban J connectivity index is 1.44. The second kappa shape index (κ2) is 10.3. The van der Waals surface area contributed by atoms with Crippen LogP contribution in [0.1, 0.15) is 80.7 Å². The van der Waals surface area contributed by atoms with Crippen molar-refractivity contribution in [2.24, 2.45) is 5.92 Å². The van der Waals surface area contributed by atoms with Gasteiger partial charge >= 0.3 is 0 Å². The first-order chi connectivity index (χ1) is 17.1. The van der Waals surface area contributed by atoms with Crippen LogP contribution >= 0.6 is 0 Å². The van der Waals surface area contributed by atoms with Crippen LogP contribution in [-0.4, -0.2) is 47.9 Å². The molecule has 2 aromatic rings. The summed E-state index contributed by atoms with van der Waals surface area (Å²) in [6.45, 7) is 0. The van der Waals surface area contributed by atoms with Crippen molar-refractivity contribution < 1.29 is 19.1 Å². The second-order valence-electron chi connectivity index (χ2n) is 10.2. The first-order valence-electron chi connectivity index (χ1n) is 13.0. The van der Waals surface area contributed by atoms with Crippen molar-refractivity contribution in [1.82, 2.24) is 20.4 Å². The zero-order valence-corrected chi connectivity index (χ0v) is 20.7. The summed E-state index contributed by atoms with van der Waals surface area (Å²) in [5, 5.41) is 10.9. The van der Waals surface area contributed by atoms with E-state index in [0.29, 0.717) is 29.5 Å². The van der Waals surface area contributed by atoms with Gasteiger partial charge in [0.15, 0.2) is 5.69 Å². The van der Waals surface area contributed by atoms with E-state index in [4.69, 9.17) is 14.6 Å². The lowest BCUT2D eigenvalue weighted by Crippen LogP contribution is -2.51. The van der Waals surface area contributed by atoms with E-state index in [1.165, 1.54) is 0 Å². The lowest BCUT2D eigenvalue weighted by atomic mass is 9.92. The minimum atomic E-state index is -0.531. The quantitative estimate of drug-likeness (QED) is 0.530. The summed E-state index contributed by atoms with van der Waals surface area (Å²) in [6.07, 6.45) is 10.4. The number of carbonyl (C=O) groups excluding carboxylic acids is 2. The summed E-state index contributed by atoms with van der Waals surface area (Å²) in [5.41, 5.74) is 1.90. The lowest BCUT2D eigenvalue weighted by molar-refractivity contribution is -0.124. The summed E-state index contributed by atoms with van der Waals surface area (Å²) in [4.78, 5) is 26.4. The monoisotopic (exact) mass is 480 g/mol. The Kier molecular flexibility index (Phi) is 6.97. The molecule has 0 aliphatic heterocycles. The van der Waals surface area contributed by atoms with Crippen molar-refractivity contribution in [3.8, 4) is 22.8 Å². The number of nitrogens with one attached hydrogen (secondary N) is 2. The maximum absolute atomic E-state index is 13.4. The predicted molar refractivity (Wildman–Crippen MR) is 133 cm³/mol. The van der Waals surface area contributed by atoms with Crippen molar-refractivity contribution in [3.05, 3.63) is 30.0 Å². The van der Waals surface area contributed by atoms with Gasteiger partial charge in [-0.1, -0.05) is 31.7 Å². The Hall–Kier alpha value is -3.03. The van der Waals surface area contributed by atoms with Gasteiger partial charge in [0.05, 0.1) is 31.5 Å². The van der Waals surface area contributed by atoms with E-state index in [1.807, 2.05) is 28.9 Å². The van der Waals surface area contributed by atoms with E-state index in [-0.39, 0.29) is 23.9 Å². The number of amides is 2. The van der Waals surface area contributed by atoms with Crippen LogP contribution in [0.5, 0.6) is 11.5 Å². The van der Waals surface area contributed by atoms with Crippen LogP contribution in [0.3, 0.4) is 0 Å². The molecule has 1 aromatic carbocycles. The SMILES string of the molecule is COc1cccc(OC)c1-c1cc(C(=O)NC(CC2CC2)C(=O)NC2CCC2)nn1C1CCCC1. The smallest absolute Gasteiger partial charge is 0.272 e. The van der Waals surface area contributed by atoms with Crippen LogP contribution in [-0.2, 0) is 4.79 Å². The summed E-state index contributed by atoms with van der Waals surface area (Å²) in [6, 6.07) is 7.40. The third kappa shape index (κ3) is 5.16. The molecule has 1 heterocycles. The normalized spacial score (nSPS) is 19.1. The van der Waals surface area contributed by atoms with Gasteiger partial charge in [0, 0.05) is 6.04 Å². The molecule has 1 aromatic heterocycles. The molecule has 2 amide bonds. The van der Waals surface area contributed by atoms with Crippen molar-refractivity contribution in [2.75, 3.05) is 14.2 Å². The summed E-state index contributed by atoms with van der Waals surface area (Å²) in [7, 11) is 3.26. The standard InChI is InChI=1S/C27H36N4O4/c1-34-23-11-6-12-24(35-2)25(23)22-16-21(30-31(22)19-9-3-4-10-19)27(33)29-20(15-17-13-14-17)26(32)28-18-7-5-8-18/h6,11-12,16-20H,3-5,7-10,13-15H2,1-2H3,(H,28,32)(H,29,33). The maximum atomic E-state index is 13.4. The molecule has 2 N–H and O–H groups in total. The van der Waals surface area contributed by atoms with Crippen molar-refractivity contribution in [2.45, 2.75) is 82.3 Å². The summed E-state index contributed by atoms with van der Waals surface area (Å²) < 4.78 is 13.3. The van der Waals surface area contributed by atoms with Crippen LogP contribution in [0.25, 0.3) is 11.3 Å². The second-order valence-corrected chi connectivity index (χ2v) is 10.2.